The van der Waals surface area contributed by atoms with Gasteiger partial charge in [0.05, 0.1) is 0 Å². The summed E-state index contributed by atoms with van der Waals surface area (Å²) in [7, 11) is 0. The molecule has 1 rings (SSSR count). The summed E-state index contributed by atoms with van der Waals surface area (Å²) in [6.45, 7) is 4.02. The van der Waals surface area contributed by atoms with Crippen LogP contribution in [0.5, 0.6) is 0 Å². The van der Waals surface area contributed by atoms with Crippen molar-refractivity contribution in [2.75, 3.05) is 0 Å². The molecule has 1 heterocycles. The Balaban J connectivity index is 2.58. The minimum atomic E-state index is -0.783. The summed E-state index contributed by atoms with van der Waals surface area (Å²) in [5.41, 5.74) is 1.01. The molecule has 17 heavy (non-hydrogen) atoms. The van der Waals surface area contributed by atoms with Crippen LogP contribution in [-0.2, 0) is 4.79 Å². The lowest BCUT2D eigenvalue weighted by atomic mass is 10.1. The van der Waals surface area contributed by atoms with Crippen LogP contribution in [0.15, 0.2) is 24.5 Å². The van der Waals surface area contributed by atoms with Crippen molar-refractivity contribution in [2.45, 2.75) is 45.2 Å². The van der Waals surface area contributed by atoms with Crippen molar-refractivity contribution < 1.29 is 9.90 Å². The molecule has 1 aromatic rings. The fourth-order valence-electron chi connectivity index (χ4n) is 1.72. The van der Waals surface area contributed by atoms with Crippen molar-refractivity contribution in [3.63, 3.8) is 0 Å². The normalized spacial score (nSPS) is 14.2. The third-order valence-corrected chi connectivity index (χ3v) is 2.78. The summed E-state index contributed by atoms with van der Waals surface area (Å²) < 4.78 is 0. The van der Waals surface area contributed by atoms with Gasteiger partial charge in [-0.05, 0) is 25.0 Å². The summed E-state index contributed by atoms with van der Waals surface area (Å²) in [6, 6.07) is 3.32. The Morgan fingerprint density at radius 3 is 2.88 bits per heavy atom. The van der Waals surface area contributed by atoms with Crippen LogP contribution in [-0.4, -0.2) is 22.1 Å². The summed E-state index contributed by atoms with van der Waals surface area (Å²) in [5.74, 6) is -0.783. The Morgan fingerprint density at radius 1 is 1.59 bits per heavy atom. The largest absolute Gasteiger partial charge is 0.480 e. The number of hydrogen-bond donors (Lipinski definition) is 2. The van der Waals surface area contributed by atoms with E-state index >= 15 is 0 Å². The van der Waals surface area contributed by atoms with E-state index < -0.39 is 12.0 Å². The zero-order chi connectivity index (χ0) is 12.7. The second kappa shape index (κ2) is 7.01. The molecule has 1 aromatic heterocycles. The van der Waals surface area contributed by atoms with Crippen molar-refractivity contribution >= 4 is 5.97 Å². The van der Waals surface area contributed by atoms with Gasteiger partial charge in [0, 0.05) is 18.4 Å². The number of rotatable bonds is 7. The summed E-state index contributed by atoms with van der Waals surface area (Å²) in [6.07, 6.45) is 6.06. The smallest absolute Gasteiger partial charge is 0.320 e. The predicted octanol–water partition coefficient (Wildman–Crippen LogP) is 2.38. The highest BCUT2D eigenvalue weighted by molar-refractivity contribution is 5.73. The number of nitrogens with zero attached hydrogens (tertiary/aromatic N) is 1. The molecule has 0 saturated carbocycles. The fraction of sp³-hybridized carbons (Fsp3) is 0.538. The van der Waals surface area contributed by atoms with Gasteiger partial charge in [0.15, 0.2) is 0 Å². The maximum atomic E-state index is 11.1. The number of hydrogen-bond acceptors (Lipinski definition) is 3. The molecule has 1 unspecified atom stereocenters. The molecule has 4 nitrogen and oxygen atoms in total. The van der Waals surface area contributed by atoms with E-state index in [0.29, 0.717) is 6.42 Å². The van der Waals surface area contributed by atoms with Crippen LogP contribution < -0.4 is 5.32 Å². The molecule has 0 amide bonds. The molecule has 0 fully saturated rings. The third kappa shape index (κ3) is 4.53. The average Bonchev–Trinajstić information content (AvgIpc) is 2.35. The summed E-state index contributed by atoms with van der Waals surface area (Å²) in [5, 5.41) is 12.2. The zero-order valence-electron chi connectivity index (χ0n) is 10.4. The average molecular weight is 236 g/mol. The number of carboxylic acid groups (broad SMARTS) is 1. The first-order valence-corrected chi connectivity index (χ1v) is 6.04. The number of carboxylic acids is 1. The molecule has 0 bridgehead atoms. The van der Waals surface area contributed by atoms with Crippen molar-refractivity contribution in [1.82, 2.24) is 10.3 Å². The molecule has 0 radical (unpaired) electrons. The minimum absolute atomic E-state index is 0.00153. The maximum Gasteiger partial charge on any atom is 0.320 e. The first-order chi connectivity index (χ1) is 8.15. The van der Waals surface area contributed by atoms with E-state index in [1.165, 1.54) is 0 Å². The van der Waals surface area contributed by atoms with Gasteiger partial charge in [-0.2, -0.15) is 0 Å². The molecule has 0 aliphatic heterocycles. The quantitative estimate of drug-likeness (QED) is 0.763. The first kappa shape index (κ1) is 13.6. The monoisotopic (exact) mass is 236 g/mol. The molecule has 0 aliphatic carbocycles. The van der Waals surface area contributed by atoms with Crippen LogP contribution in [0, 0.1) is 0 Å². The minimum Gasteiger partial charge on any atom is -0.480 e. The number of carbonyl (C=O) groups is 1. The van der Waals surface area contributed by atoms with E-state index in [9.17, 15) is 4.79 Å². The lowest BCUT2D eigenvalue weighted by Crippen LogP contribution is -2.38. The van der Waals surface area contributed by atoms with Gasteiger partial charge in [-0.25, -0.2) is 0 Å². The molecule has 2 atom stereocenters. The highest BCUT2D eigenvalue weighted by Crippen LogP contribution is 2.13. The Kier molecular flexibility index (Phi) is 5.63. The number of unbranched alkanes of at least 4 members (excludes halogenated alkanes) is 1. The van der Waals surface area contributed by atoms with Gasteiger partial charge < -0.3 is 5.11 Å². The number of nitrogens with one attached hydrogen (secondary N) is 1. The van der Waals surface area contributed by atoms with Gasteiger partial charge in [0.2, 0.25) is 0 Å². The Labute approximate surface area is 102 Å². The summed E-state index contributed by atoms with van der Waals surface area (Å²) >= 11 is 0. The van der Waals surface area contributed by atoms with E-state index in [2.05, 4.69) is 17.2 Å². The SMILES string of the molecule is CCCCC(N[C@H](C)c1cccnc1)C(=O)O. The van der Waals surface area contributed by atoms with Gasteiger partial charge in [-0.15, -0.1) is 0 Å². The molecular formula is C13H20N2O2. The summed E-state index contributed by atoms with van der Waals surface area (Å²) in [4.78, 5) is 15.1. The van der Waals surface area contributed by atoms with Crippen LogP contribution in [0.1, 0.15) is 44.7 Å². The van der Waals surface area contributed by atoms with Gasteiger partial charge in [0.25, 0.3) is 0 Å². The number of aromatic nitrogens is 1. The van der Waals surface area contributed by atoms with Crippen LogP contribution in [0.2, 0.25) is 0 Å². The van der Waals surface area contributed by atoms with Gasteiger partial charge in [-0.3, -0.25) is 15.1 Å². The Hall–Kier alpha value is -1.42. The van der Waals surface area contributed by atoms with Crippen LogP contribution >= 0.6 is 0 Å². The highest BCUT2D eigenvalue weighted by Gasteiger charge is 2.19. The second-order valence-electron chi connectivity index (χ2n) is 4.21. The van der Waals surface area contributed by atoms with Crippen molar-refractivity contribution in [3.8, 4) is 0 Å². The lowest BCUT2D eigenvalue weighted by Gasteiger charge is -2.20. The topological polar surface area (TPSA) is 62.2 Å². The van der Waals surface area contributed by atoms with E-state index in [0.717, 1.165) is 18.4 Å². The fourth-order valence-corrected chi connectivity index (χ4v) is 1.72. The molecule has 0 spiro atoms. The van der Waals surface area contributed by atoms with E-state index in [1.54, 1.807) is 12.4 Å². The molecule has 0 saturated heterocycles. The maximum absolute atomic E-state index is 11.1. The van der Waals surface area contributed by atoms with Gasteiger partial charge in [-0.1, -0.05) is 25.8 Å². The van der Waals surface area contributed by atoms with Crippen LogP contribution in [0.4, 0.5) is 0 Å². The molecule has 4 heteroatoms. The molecule has 0 aliphatic rings. The van der Waals surface area contributed by atoms with Gasteiger partial charge in [0.1, 0.15) is 6.04 Å². The van der Waals surface area contributed by atoms with E-state index in [-0.39, 0.29) is 6.04 Å². The van der Waals surface area contributed by atoms with Crippen molar-refractivity contribution in [3.05, 3.63) is 30.1 Å². The molecule has 0 aromatic carbocycles. The van der Waals surface area contributed by atoms with E-state index in [4.69, 9.17) is 5.11 Å². The predicted molar refractivity (Wildman–Crippen MR) is 66.7 cm³/mol. The molecule has 2 N–H and O–H groups in total. The van der Waals surface area contributed by atoms with Crippen molar-refractivity contribution in [1.29, 1.82) is 0 Å². The van der Waals surface area contributed by atoms with E-state index in [1.807, 2.05) is 19.1 Å². The number of pyridine rings is 1. The second-order valence-corrected chi connectivity index (χ2v) is 4.21. The molecular weight excluding hydrogens is 216 g/mol. The van der Waals surface area contributed by atoms with Crippen LogP contribution in [0.25, 0.3) is 0 Å². The number of aliphatic carboxylic acids is 1. The molecule has 94 valence electrons. The Bertz CT molecular complexity index is 341. The van der Waals surface area contributed by atoms with Gasteiger partial charge >= 0.3 is 5.97 Å². The third-order valence-electron chi connectivity index (χ3n) is 2.78. The Morgan fingerprint density at radius 2 is 2.35 bits per heavy atom. The first-order valence-electron chi connectivity index (χ1n) is 6.04. The highest BCUT2D eigenvalue weighted by atomic mass is 16.4. The van der Waals surface area contributed by atoms with Crippen molar-refractivity contribution in [2.24, 2.45) is 0 Å². The van der Waals surface area contributed by atoms with Crippen LogP contribution in [0.3, 0.4) is 0 Å². The standard InChI is InChI=1S/C13H20N2O2/c1-3-4-7-12(13(16)17)15-10(2)11-6-5-8-14-9-11/h5-6,8-10,12,15H,3-4,7H2,1-2H3,(H,16,17)/t10-,12?/m1/s1. The lowest BCUT2D eigenvalue weighted by molar-refractivity contribution is -0.139. The zero-order valence-corrected chi connectivity index (χ0v) is 10.4.